The van der Waals surface area contributed by atoms with Gasteiger partial charge in [-0.15, -0.1) is 0 Å². The highest BCUT2D eigenvalue weighted by molar-refractivity contribution is 6.09. The predicted octanol–water partition coefficient (Wildman–Crippen LogP) is 6.36. The number of benzene rings is 2. The second-order valence-electron chi connectivity index (χ2n) is 8.08. The molecule has 3 aromatic heterocycles. The van der Waals surface area contributed by atoms with Gasteiger partial charge in [-0.25, -0.2) is 9.97 Å². The lowest BCUT2D eigenvalue weighted by Gasteiger charge is -2.42. The predicted molar refractivity (Wildman–Crippen MR) is 126 cm³/mol. The Labute approximate surface area is 180 Å². The monoisotopic (exact) mass is 406 g/mol. The highest BCUT2D eigenvalue weighted by Gasteiger charge is 2.33. The normalized spacial score (nSPS) is 16.1. The van der Waals surface area contributed by atoms with Gasteiger partial charge in [0.05, 0.1) is 17.4 Å². The van der Waals surface area contributed by atoms with Gasteiger partial charge in [0.2, 0.25) is 5.71 Å². The topological polar surface area (TPSA) is 45.4 Å². The first-order valence-electron chi connectivity index (χ1n) is 10.6. The third-order valence-electron chi connectivity index (χ3n) is 6.07. The summed E-state index contributed by atoms with van der Waals surface area (Å²) >= 11 is 0. The van der Waals surface area contributed by atoms with E-state index in [1.54, 1.807) is 6.20 Å². The van der Waals surface area contributed by atoms with E-state index in [2.05, 4.69) is 77.2 Å². The van der Waals surface area contributed by atoms with Gasteiger partial charge in [-0.3, -0.25) is 0 Å². The van der Waals surface area contributed by atoms with E-state index in [0.29, 0.717) is 5.71 Å². The maximum atomic E-state index is 6.29. The molecule has 0 unspecified atom stereocenters. The first-order chi connectivity index (χ1) is 15.2. The average Bonchev–Trinajstić information content (AvgIpc) is 3.18. The Morgan fingerprint density at radius 1 is 0.871 bits per heavy atom. The van der Waals surface area contributed by atoms with Crippen molar-refractivity contribution < 1.29 is 4.42 Å². The van der Waals surface area contributed by atoms with Crippen LogP contribution in [0, 0.1) is 6.92 Å². The Balaban J connectivity index is 1.59. The average molecular weight is 406 g/mol. The van der Waals surface area contributed by atoms with Crippen LogP contribution in [0.4, 0.5) is 22.9 Å². The van der Waals surface area contributed by atoms with Gasteiger partial charge in [0.1, 0.15) is 0 Å². The number of hydrogen-bond donors (Lipinski definition) is 0. The Morgan fingerprint density at radius 2 is 1.68 bits per heavy atom. The van der Waals surface area contributed by atoms with Crippen LogP contribution in [0.25, 0.3) is 22.1 Å². The number of aryl methyl sites for hydroxylation is 1. The van der Waals surface area contributed by atoms with Gasteiger partial charge in [-0.05, 0) is 55.8 Å². The van der Waals surface area contributed by atoms with Crippen LogP contribution in [-0.4, -0.2) is 22.6 Å². The second kappa shape index (κ2) is 6.84. The zero-order valence-electron chi connectivity index (χ0n) is 17.5. The van der Waals surface area contributed by atoms with Gasteiger partial charge in [-0.1, -0.05) is 30.3 Å². The number of aromatic nitrogens is 2. The molecule has 5 heteroatoms. The first-order valence-corrected chi connectivity index (χ1v) is 10.6. The number of fused-ring (bicyclic) bond motifs is 4. The van der Waals surface area contributed by atoms with E-state index in [1.807, 2.05) is 24.4 Å². The molecule has 0 amide bonds. The van der Waals surface area contributed by atoms with E-state index in [4.69, 9.17) is 9.40 Å². The Hall–Kier alpha value is -3.86. The van der Waals surface area contributed by atoms with Crippen molar-refractivity contribution in [3.05, 3.63) is 84.7 Å². The molecular weight excluding hydrogens is 384 g/mol. The van der Waals surface area contributed by atoms with E-state index in [9.17, 15) is 0 Å². The summed E-state index contributed by atoms with van der Waals surface area (Å²) < 4.78 is 6.29. The first kappa shape index (κ1) is 18.0. The summed E-state index contributed by atoms with van der Waals surface area (Å²) in [6.07, 6.45) is 3.64. The van der Waals surface area contributed by atoms with Gasteiger partial charge in [-0.2, -0.15) is 0 Å². The molecule has 4 heterocycles. The summed E-state index contributed by atoms with van der Waals surface area (Å²) in [6.45, 7) is 5.20. The lowest BCUT2D eigenvalue weighted by molar-refractivity contribution is 0.643. The summed E-state index contributed by atoms with van der Waals surface area (Å²) in [7, 11) is 0. The number of para-hydroxylation sites is 1. The summed E-state index contributed by atoms with van der Waals surface area (Å²) in [5, 5.41) is 2.13. The van der Waals surface area contributed by atoms with Crippen LogP contribution >= 0.6 is 0 Å². The molecule has 0 saturated carbocycles. The van der Waals surface area contributed by atoms with Crippen LogP contribution in [0.3, 0.4) is 0 Å². The zero-order valence-corrected chi connectivity index (χ0v) is 17.5. The molecule has 0 radical (unpaired) electrons. The molecule has 0 saturated heterocycles. The van der Waals surface area contributed by atoms with Crippen molar-refractivity contribution >= 4 is 44.9 Å². The van der Waals surface area contributed by atoms with Crippen LogP contribution in [0.5, 0.6) is 0 Å². The Kier molecular flexibility index (Phi) is 3.96. The SMILES string of the molecule is Cc1ccc2c(oc3ncccc32)c1N1C[C@@H](C)N(c2ccccc2)c2ncccc21. The van der Waals surface area contributed by atoms with E-state index in [-0.39, 0.29) is 6.04 Å². The summed E-state index contributed by atoms with van der Waals surface area (Å²) in [5.74, 6) is 0.957. The summed E-state index contributed by atoms with van der Waals surface area (Å²) in [6, 6.07) is 23.2. The molecule has 5 nitrogen and oxygen atoms in total. The molecule has 0 spiro atoms. The van der Waals surface area contributed by atoms with Crippen LogP contribution in [0.1, 0.15) is 12.5 Å². The summed E-state index contributed by atoms with van der Waals surface area (Å²) in [5.41, 5.74) is 6.03. The molecule has 0 N–H and O–H groups in total. The quantitative estimate of drug-likeness (QED) is 0.341. The van der Waals surface area contributed by atoms with Crippen molar-refractivity contribution in [1.29, 1.82) is 0 Å². The lowest BCUT2D eigenvalue weighted by Crippen LogP contribution is -2.44. The van der Waals surface area contributed by atoms with Crippen molar-refractivity contribution in [2.24, 2.45) is 0 Å². The third kappa shape index (κ3) is 2.70. The summed E-state index contributed by atoms with van der Waals surface area (Å²) in [4.78, 5) is 13.9. The fourth-order valence-corrected chi connectivity index (χ4v) is 4.71. The molecule has 0 bridgehead atoms. The third-order valence-corrected chi connectivity index (χ3v) is 6.07. The van der Waals surface area contributed by atoms with Crippen molar-refractivity contribution in [2.75, 3.05) is 16.3 Å². The minimum Gasteiger partial charge on any atom is -0.435 e. The highest BCUT2D eigenvalue weighted by atomic mass is 16.3. The standard InChI is InChI=1S/C26H22N4O/c1-17-12-13-20-21-10-6-15-28-26(21)31-24(20)23(17)29-16-18(2)30(19-8-4-3-5-9-19)25-22(29)11-7-14-27-25/h3-15,18H,16H2,1-2H3/t18-/m1/s1. The maximum Gasteiger partial charge on any atom is 0.227 e. The number of nitrogens with zero attached hydrogens (tertiary/aromatic N) is 4. The molecule has 1 aliphatic heterocycles. The van der Waals surface area contributed by atoms with Crippen molar-refractivity contribution in [1.82, 2.24) is 9.97 Å². The molecule has 5 aromatic rings. The van der Waals surface area contributed by atoms with E-state index >= 15 is 0 Å². The number of pyridine rings is 2. The number of rotatable bonds is 2. The van der Waals surface area contributed by atoms with Crippen LogP contribution in [0.15, 0.2) is 83.5 Å². The molecule has 6 rings (SSSR count). The van der Waals surface area contributed by atoms with E-state index in [0.717, 1.165) is 45.8 Å². The fourth-order valence-electron chi connectivity index (χ4n) is 4.71. The number of hydrogen-bond acceptors (Lipinski definition) is 5. The molecule has 1 aliphatic rings. The van der Waals surface area contributed by atoms with Crippen molar-refractivity contribution in [3.63, 3.8) is 0 Å². The molecule has 1 atom stereocenters. The van der Waals surface area contributed by atoms with Crippen LogP contribution in [-0.2, 0) is 0 Å². The minimum absolute atomic E-state index is 0.224. The van der Waals surface area contributed by atoms with E-state index < -0.39 is 0 Å². The number of anilines is 4. The van der Waals surface area contributed by atoms with E-state index in [1.165, 1.54) is 5.56 Å². The largest absolute Gasteiger partial charge is 0.435 e. The highest BCUT2D eigenvalue weighted by Crippen LogP contribution is 2.46. The Morgan fingerprint density at radius 3 is 2.55 bits per heavy atom. The van der Waals surface area contributed by atoms with Crippen molar-refractivity contribution in [2.45, 2.75) is 19.9 Å². The molecule has 0 aliphatic carbocycles. The minimum atomic E-state index is 0.224. The van der Waals surface area contributed by atoms with Crippen LogP contribution < -0.4 is 9.80 Å². The molecule has 31 heavy (non-hydrogen) atoms. The van der Waals surface area contributed by atoms with Gasteiger partial charge in [0, 0.05) is 35.4 Å². The van der Waals surface area contributed by atoms with Crippen LogP contribution in [0.2, 0.25) is 0 Å². The molecular formula is C26H22N4O. The van der Waals surface area contributed by atoms with Crippen molar-refractivity contribution in [3.8, 4) is 0 Å². The Bertz CT molecular complexity index is 1410. The molecule has 152 valence electrons. The van der Waals surface area contributed by atoms with Gasteiger partial charge in [0.25, 0.3) is 0 Å². The molecule has 0 fully saturated rings. The van der Waals surface area contributed by atoms with Gasteiger partial charge < -0.3 is 14.2 Å². The number of furan rings is 1. The zero-order chi connectivity index (χ0) is 20.9. The van der Waals surface area contributed by atoms with Gasteiger partial charge in [0.15, 0.2) is 11.4 Å². The smallest absolute Gasteiger partial charge is 0.227 e. The molecule has 2 aromatic carbocycles. The maximum absolute atomic E-state index is 6.29. The second-order valence-corrected chi connectivity index (χ2v) is 8.08. The lowest BCUT2D eigenvalue weighted by atomic mass is 10.0. The van der Waals surface area contributed by atoms with Gasteiger partial charge >= 0.3 is 0 Å². The fraction of sp³-hybridized carbons (Fsp3) is 0.154.